The number of aromatic nitrogens is 2. The maximum absolute atomic E-state index is 5.56. The van der Waals surface area contributed by atoms with E-state index in [0.717, 1.165) is 31.8 Å². The summed E-state index contributed by atoms with van der Waals surface area (Å²) in [5.74, 6) is 1.61. The molecule has 0 radical (unpaired) electrons. The Morgan fingerprint density at radius 2 is 2.26 bits per heavy atom. The quantitative estimate of drug-likeness (QED) is 0.830. The second-order valence-corrected chi connectivity index (χ2v) is 5.32. The SMILES string of the molecule is CCCNC1CCOCC1c1nc(CN(C)C)no1. The lowest BCUT2D eigenvalue weighted by Crippen LogP contribution is -2.41. The fourth-order valence-electron chi connectivity index (χ4n) is 2.32. The lowest BCUT2D eigenvalue weighted by atomic mass is 9.95. The molecule has 2 unspecified atom stereocenters. The fraction of sp³-hybridized carbons (Fsp3) is 0.846. The van der Waals surface area contributed by atoms with E-state index in [2.05, 4.69) is 22.4 Å². The van der Waals surface area contributed by atoms with Gasteiger partial charge in [0, 0.05) is 12.6 Å². The van der Waals surface area contributed by atoms with Crippen LogP contribution in [0.25, 0.3) is 0 Å². The van der Waals surface area contributed by atoms with Crippen LogP contribution in [-0.4, -0.2) is 54.9 Å². The summed E-state index contributed by atoms with van der Waals surface area (Å²) in [4.78, 5) is 6.52. The van der Waals surface area contributed by atoms with Crippen molar-refractivity contribution in [1.29, 1.82) is 0 Å². The average molecular weight is 268 g/mol. The molecular formula is C13H24N4O2. The van der Waals surface area contributed by atoms with Crippen LogP contribution in [0.4, 0.5) is 0 Å². The third-order valence-corrected chi connectivity index (χ3v) is 3.27. The van der Waals surface area contributed by atoms with Crippen LogP contribution in [0.3, 0.4) is 0 Å². The Hall–Kier alpha value is -0.980. The molecule has 1 N–H and O–H groups in total. The van der Waals surface area contributed by atoms with Crippen LogP contribution in [0.1, 0.15) is 37.4 Å². The molecule has 2 rings (SSSR count). The summed E-state index contributed by atoms with van der Waals surface area (Å²) in [5, 5.41) is 7.59. The second-order valence-electron chi connectivity index (χ2n) is 5.32. The summed E-state index contributed by atoms with van der Waals surface area (Å²) >= 11 is 0. The Labute approximate surface area is 114 Å². The Morgan fingerprint density at radius 1 is 1.42 bits per heavy atom. The summed E-state index contributed by atoms with van der Waals surface area (Å²) in [6.45, 7) is 5.34. The van der Waals surface area contributed by atoms with Gasteiger partial charge in [-0.2, -0.15) is 4.98 Å². The van der Waals surface area contributed by atoms with E-state index in [0.29, 0.717) is 25.1 Å². The van der Waals surface area contributed by atoms with Gasteiger partial charge in [-0.1, -0.05) is 12.1 Å². The molecule has 6 heteroatoms. The van der Waals surface area contributed by atoms with E-state index in [1.807, 2.05) is 19.0 Å². The summed E-state index contributed by atoms with van der Waals surface area (Å²) in [6.07, 6.45) is 2.12. The van der Waals surface area contributed by atoms with E-state index in [9.17, 15) is 0 Å². The molecule has 19 heavy (non-hydrogen) atoms. The molecule has 0 amide bonds. The highest BCUT2D eigenvalue weighted by Gasteiger charge is 2.31. The normalized spacial score (nSPS) is 24.0. The lowest BCUT2D eigenvalue weighted by Gasteiger charge is -2.29. The maximum atomic E-state index is 5.56. The highest BCUT2D eigenvalue weighted by molar-refractivity contribution is 5.01. The molecule has 2 atom stereocenters. The van der Waals surface area contributed by atoms with Crippen molar-refractivity contribution in [1.82, 2.24) is 20.4 Å². The predicted molar refractivity (Wildman–Crippen MR) is 71.9 cm³/mol. The molecule has 1 aromatic rings. The minimum absolute atomic E-state index is 0.170. The zero-order chi connectivity index (χ0) is 13.7. The molecule has 2 heterocycles. The van der Waals surface area contributed by atoms with Gasteiger partial charge in [-0.3, -0.25) is 0 Å². The van der Waals surface area contributed by atoms with Gasteiger partial charge in [-0.15, -0.1) is 0 Å². The Kier molecular flexibility index (Phi) is 5.30. The van der Waals surface area contributed by atoms with Gasteiger partial charge >= 0.3 is 0 Å². The average Bonchev–Trinajstić information content (AvgIpc) is 2.84. The fourth-order valence-corrected chi connectivity index (χ4v) is 2.32. The van der Waals surface area contributed by atoms with Crippen molar-refractivity contribution < 1.29 is 9.26 Å². The van der Waals surface area contributed by atoms with Crippen LogP contribution in [-0.2, 0) is 11.3 Å². The van der Waals surface area contributed by atoms with Crippen molar-refractivity contribution in [2.24, 2.45) is 0 Å². The third-order valence-electron chi connectivity index (χ3n) is 3.27. The van der Waals surface area contributed by atoms with Crippen LogP contribution >= 0.6 is 0 Å². The van der Waals surface area contributed by atoms with Gasteiger partial charge < -0.3 is 19.5 Å². The first-order valence-electron chi connectivity index (χ1n) is 6.99. The lowest BCUT2D eigenvalue weighted by molar-refractivity contribution is 0.0498. The molecule has 0 spiro atoms. The van der Waals surface area contributed by atoms with Crippen molar-refractivity contribution in [3.05, 3.63) is 11.7 Å². The highest BCUT2D eigenvalue weighted by Crippen LogP contribution is 2.24. The second kappa shape index (κ2) is 6.98. The third kappa shape index (κ3) is 3.99. The summed E-state index contributed by atoms with van der Waals surface area (Å²) in [5.41, 5.74) is 0. The number of nitrogens with zero attached hydrogens (tertiary/aromatic N) is 3. The summed E-state index contributed by atoms with van der Waals surface area (Å²) in [6, 6.07) is 0.376. The van der Waals surface area contributed by atoms with Gasteiger partial charge in [0.15, 0.2) is 5.82 Å². The standard InChI is InChI=1S/C13H24N4O2/c1-4-6-14-11-5-7-18-9-10(11)13-15-12(16-19-13)8-17(2)3/h10-11,14H,4-9H2,1-3H3. The van der Waals surface area contributed by atoms with Crippen LogP contribution in [0.5, 0.6) is 0 Å². The topological polar surface area (TPSA) is 63.4 Å². The zero-order valence-electron chi connectivity index (χ0n) is 12.1. The van der Waals surface area contributed by atoms with Crippen LogP contribution < -0.4 is 5.32 Å². The first-order chi connectivity index (χ1) is 9.20. The minimum Gasteiger partial charge on any atom is -0.381 e. The monoisotopic (exact) mass is 268 g/mol. The van der Waals surface area contributed by atoms with Gasteiger partial charge in [0.25, 0.3) is 0 Å². The number of hydrogen-bond acceptors (Lipinski definition) is 6. The van der Waals surface area contributed by atoms with E-state index in [1.54, 1.807) is 0 Å². The first-order valence-corrected chi connectivity index (χ1v) is 6.99. The van der Waals surface area contributed by atoms with Crippen molar-refractivity contribution in [2.75, 3.05) is 33.9 Å². The van der Waals surface area contributed by atoms with Crippen LogP contribution in [0, 0.1) is 0 Å². The minimum atomic E-state index is 0.170. The maximum Gasteiger partial charge on any atom is 0.233 e. The summed E-state index contributed by atoms with van der Waals surface area (Å²) < 4.78 is 11.0. The van der Waals surface area contributed by atoms with Crippen molar-refractivity contribution in [3.63, 3.8) is 0 Å². The molecule has 1 saturated heterocycles. The van der Waals surface area contributed by atoms with Crippen LogP contribution in [0.15, 0.2) is 4.52 Å². The molecule has 0 saturated carbocycles. The van der Waals surface area contributed by atoms with Gasteiger partial charge in [0.2, 0.25) is 5.89 Å². The van der Waals surface area contributed by atoms with E-state index in [-0.39, 0.29) is 5.92 Å². The molecule has 108 valence electrons. The van der Waals surface area contributed by atoms with Gasteiger partial charge in [-0.05, 0) is 33.5 Å². The zero-order valence-corrected chi connectivity index (χ0v) is 12.1. The Bertz CT molecular complexity index is 380. The van der Waals surface area contributed by atoms with E-state index in [4.69, 9.17) is 9.26 Å². The number of ether oxygens (including phenoxy) is 1. The molecular weight excluding hydrogens is 244 g/mol. The van der Waals surface area contributed by atoms with E-state index in [1.165, 1.54) is 0 Å². The molecule has 1 aliphatic rings. The van der Waals surface area contributed by atoms with Crippen molar-refractivity contribution in [2.45, 2.75) is 38.3 Å². The van der Waals surface area contributed by atoms with Crippen molar-refractivity contribution in [3.8, 4) is 0 Å². The van der Waals surface area contributed by atoms with Gasteiger partial charge in [0.1, 0.15) is 0 Å². The van der Waals surface area contributed by atoms with Gasteiger partial charge in [-0.25, -0.2) is 0 Å². The number of rotatable bonds is 6. The predicted octanol–water partition coefficient (Wildman–Crippen LogP) is 1.00. The summed E-state index contributed by atoms with van der Waals surface area (Å²) in [7, 11) is 3.98. The molecule has 1 aliphatic heterocycles. The Balaban J connectivity index is 2.02. The van der Waals surface area contributed by atoms with E-state index >= 15 is 0 Å². The van der Waals surface area contributed by atoms with Crippen molar-refractivity contribution >= 4 is 0 Å². The molecule has 1 fully saturated rings. The smallest absolute Gasteiger partial charge is 0.233 e. The molecule has 1 aromatic heterocycles. The van der Waals surface area contributed by atoms with Gasteiger partial charge in [0.05, 0.1) is 19.1 Å². The van der Waals surface area contributed by atoms with E-state index < -0.39 is 0 Å². The molecule has 0 aromatic carbocycles. The number of hydrogen-bond donors (Lipinski definition) is 1. The highest BCUT2D eigenvalue weighted by atomic mass is 16.5. The molecule has 0 bridgehead atoms. The molecule has 6 nitrogen and oxygen atoms in total. The van der Waals surface area contributed by atoms with Crippen LogP contribution in [0.2, 0.25) is 0 Å². The largest absolute Gasteiger partial charge is 0.381 e. The Morgan fingerprint density at radius 3 is 3.00 bits per heavy atom. The first kappa shape index (κ1) is 14.4. The number of nitrogens with one attached hydrogen (secondary N) is 1. The molecule has 0 aliphatic carbocycles.